The third-order valence-corrected chi connectivity index (χ3v) is 9.06. The third kappa shape index (κ3) is 3.53. The molecular formula is C19H20F2N2O4S2. The number of benzene rings is 2. The van der Waals surface area contributed by atoms with Gasteiger partial charge in [-0.05, 0) is 55.2 Å². The van der Waals surface area contributed by atoms with Crippen LogP contribution in [0.4, 0.5) is 14.5 Å². The molecule has 1 saturated heterocycles. The summed E-state index contributed by atoms with van der Waals surface area (Å²) in [5.41, 5.74) is 0.875. The molecule has 0 aromatic heterocycles. The van der Waals surface area contributed by atoms with E-state index in [1.165, 1.54) is 22.5 Å². The molecule has 1 fully saturated rings. The van der Waals surface area contributed by atoms with Crippen LogP contribution in [-0.2, 0) is 26.5 Å². The number of anilines is 1. The molecule has 0 aliphatic carbocycles. The number of hydrogen-bond acceptors (Lipinski definition) is 4. The van der Waals surface area contributed by atoms with Crippen molar-refractivity contribution >= 4 is 25.7 Å². The standard InChI is InChI=1S/C19H20F2N2O4S2/c20-15-4-7-19(17(21)13-15)29(26,27)23-11-8-14-12-16(5-6-18(14)23)28(24,25)22-9-2-1-3-10-22/h4-7,12-13H,1-3,8-11H2. The van der Waals surface area contributed by atoms with Gasteiger partial charge in [0.25, 0.3) is 10.0 Å². The summed E-state index contributed by atoms with van der Waals surface area (Å²) in [6, 6.07) is 6.64. The number of piperidine rings is 1. The van der Waals surface area contributed by atoms with Gasteiger partial charge in [-0.25, -0.2) is 25.6 Å². The summed E-state index contributed by atoms with van der Waals surface area (Å²) in [7, 11) is -7.87. The minimum atomic E-state index is -4.24. The van der Waals surface area contributed by atoms with Crippen LogP contribution < -0.4 is 4.31 Å². The van der Waals surface area contributed by atoms with E-state index in [0.29, 0.717) is 36.8 Å². The van der Waals surface area contributed by atoms with Gasteiger partial charge in [0.1, 0.15) is 16.5 Å². The van der Waals surface area contributed by atoms with E-state index in [0.717, 1.165) is 35.7 Å². The summed E-state index contributed by atoms with van der Waals surface area (Å²) in [6.07, 6.45) is 2.95. The fourth-order valence-corrected chi connectivity index (χ4v) is 6.94. The summed E-state index contributed by atoms with van der Waals surface area (Å²) in [5.74, 6) is -2.03. The second-order valence-electron chi connectivity index (χ2n) is 7.16. The van der Waals surface area contributed by atoms with Gasteiger partial charge in [-0.2, -0.15) is 4.31 Å². The molecule has 0 spiro atoms. The Labute approximate surface area is 168 Å². The lowest BCUT2D eigenvalue weighted by atomic mass is 10.2. The molecule has 0 saturated carbocycles. The summed E-state index contributed by atoms with van der Waals surface area (Å²) in [4.78, 5) is -0.484. The fourth-order valence-electron chi connectivity index (χ4n) is 3.82. The molecule has 0 unspecified atom stereocenters. The van der Waals surface area contributed by atoms with Crippen molar-refractivity contribution in [2.24, 2.45) is 0 Å². The predicted molar refractivity (Wildman–Crippen MR) is 104 cm³/mol. The van der Waals surface area contributed by atoms with Crippen molar-refractivity contribution in [1.29, 1.82) is 0 Å². The Morgan fingerprint density at radius 1 is 0.793 bits per heavy atom. The van der Waals surface area contributed by atoms with Gasteiger partial charge in [-0.3, -0.25) is 4.31 Å². The van der Waals surface area contributed by atoms with Crippen LogP contribution in [0.3, 0.4) is 0 Å². The van der Waals surface area contributed by atoms with Crippen molar-refractivity contribution < 1.29 is 25.6 Å². The molecule has 2 aromatic carbocycles. The number of hydrogen-bond donors (Lipinski definition) is 0. The molecule has 2 aliphatic heterocycles. The molecule has 0 radical (unpaired) electrons. The zero-order chi connectivity index (χ0) is 20.8. The highest BCUT2D eigenvalue weighted by molar-refractivity contribution is 7.92. The Hall–Kier alpha value is -2.04. The first kappa shape index (κ1) is 20.2. The third-order valence-electron chi connectivity index (χ3n) is 5.32. The van der Waals surface area contributed by atoms with Gasteiger partial charge >= 0.3 is 0 Å². The van der Waals surface area contributed by atoms with Gasteiger partial charge in [0.15, 0.2) is 0 Å². The van der Waals surface area contributed by atoms with Crippen LogP contribution in [-0.4, -0.2) is 40.8 Å². The fraction of sp³-hybridized carbons (Fsp3) is 0.368. The maximum atomic E-state index is 14.1. The molecule has 0 bridgehead atoms. The average molecular weight is 443 g/mol. The molecule has 0 N–H and O–H groups in total. The number of nitrogens with zero attached hydrogens (tertiary/aromatic N) is 2. The lowest BCUT2D eigenvalue weighted by molar-refractivity contribution is 0.346. The summed E-state index contributed by atoms with van der Waals surface area (Å²) >= 11 is 0. The highest BCUT2D eigenvalue weighted by atomic mass is 32.2. The topological polar surface area (TPSA) is 74.8 Å². The lowest BCUT2D eigenvalue weighted by Gasteiger charge is -2.26. The molecular weight excluding hydrogens is 422 g/mol. The van der Waals surface area contributed by atoms with Crippen molar-refractivity contribution in [3.63, 3.8) is 0 Å². The van der Waals surface area contributed by atoms with E-state index in [-0.39, 0.29) is 11.4 Å². The van der Waals surface area contributed by atoms with Gasteiger partial charge in [0.05, 0.1) is 10.6 Å². The Balaban J connectivity index is 1.68. The molecule has 156 valence electrons. The van der Waals surface area contributed by atoms with Crippen LogP contribution in [0.25, 0.3) is 0 Å². The first-order chi connectivity index (χ1) is 13.7. The molecule has 10 heteroatoms. The summed E-state index contributed by atoms with van der Waals surface area (Å²) in [5, 5.41) is 0. The Kier molecular flexibility index (Phi) is 5.12. The van der Waals surface area contributed by atoms with Crippen LogP contribution >= 0.6 is 0 Å². The summed E-state index contributed by atoms with van der Waals surface area (Å²) < 4.78 is 81.3. The van der Waals surface area contributed by atoms with Gasteiger partial charge in [0, 0.05) is 25.7 Å². The molecule has 2 aromatic rings. The second kappa shape index (κ2) is 7.33. The zero-order valence-corrected chi connectivity index (χ0v) is 17.1. The summed E-state index contributed by atoms with van der Waals surface area (Å²) in [6.45, 7) is 1.01. The molecule has 2 aliphatic rings. The van der Waals surface area contributed by atoms with Crippen LogP contribution in [0.2, 0.25) is 0 Å². The van der Waals surface area contributed by atoms with E-state index in [2.05, 4.69) is 0 Å². The van der Waals surface area contributed by atoms with Gasteiger partial charge in [-0.15, -0.1) is 0 Å². The molecule has 6 nitrogen and oxygen atoms in total. The van der Waals surface area contributed by atoms with E-state index >= 15 is 0 Å². The van der Waals surface area contributed by atoms with Gasteiger partial charge in [0.2, 0.25) is 10.0 Å². The predicted octanol–water partition coefficient (Wildman–Crippen LogP) is 2.89. The highest BCUT2D eigenvalue weighted by Crippen LogP contribution is 2.36. The molecule has 29 heavy (non-hydrogen) atoms. The van der Waals surface area contributed by atoms with Crippen molar-refractivity contribution in [1.82, 2.24) is 4.31 Å². The van der Waals surface area contributed by atoms with Crippen molar-refractivity contribution in [3.05, 3.63) is 53.6 Å². The monoisotopic (exact) mass is 442 g/mol. The minimum absolute atomic E-state index is 0.0572. The first-order valence-corrected chi connectivity index (χ1v) is 12.2. The maximum absolute atomic E-state index is 14.1. The van der Waals surface area contributed by atoms with Crippen LogP contribution in [0, 0.1) is 11.6 Å². The van der Waals surface area contributed by atoms with Crippen LogP contribution in [0.1, 0.15) is 24.8 Å². The maximum Gasteiger partial charge on any atom is 0.267 e. The Morgan fingerprint density at radius 2 is 1.52 bits per heavy atom. The number of sulfonamides is 2. The SMILES string of the molecule is O=S(=O)(c1ccc2c(c1)CCN2S(=O)(=O)c1ccc(F)cc1F)N1CCCCC1. The Morgan fingerprint density at radius 3 is 2.21 bits per heavy atom. The van der Waals surface area contributed by atoms with E-state index in [9.17, 15) is 25.6 Å². The molecule has 0 amide bonds. The van der Waals surface area contributed by atoms with E-state index in [4.69, 9.17) is 0 Å². The van der Waals surface area contributed by atoms with Crippen molar-refractivity contribution in [2.45, 2.75) is 35.5 Å². The van der Waals surface area contributed by atoms with Crippen molar-refractivity contribution in [2.75, 3.05) is 23.9 Å². The molecule has 4 rings (SSSR count). The van der Waals surface area contributed by atoms with Crippen molar-refractivity contribution in [3.8, 4) is 0 Å². The average Bonchev–Trinajstić information content (AvgIpc) is 3.12. The van der Waals surface area contributed by atoms with Crippen LogP contribution in [0.15, 0.2) is 46.2 Å². The Bertz CT molecular complexity index is 1160. The lowest BCUT2D eigenvalue weighted by Crippen LogP contribution is -2.35. The van der Waals surface area contributed by atoms with E-state index in [1.54, 1.807) is 0 Å². The number of fused-ring (bicyclic) bond motifs is 1. The smallest absolute Gasteiger partial charge is 0.266 e. The van der Waals surface area contributed by atoms with Crippen LogP contribution in [0.5, 0.6) is 0 Å². The molecule has 0 atom stereocenters. The van der Waals surface area contributed by atoms with Gasteiger partial charge < -0.3 is 0 Å². The van der Waals surface area contributed by atoms with E-state index < -0.39 is 36.6 Å². The number of halogens is 2. The zero-order valence-electron chi connectivity index (χ0n) is 15.5. The highest BCUT2D eigenvalue weighted by Gasteiger charge is 2.34. The normalized spacial score (nSPS) is 18.1. The molecule has 2 heterocycles. The largest absolute Gasteiger partial charge is 0.267 e. The first-order valence-electron chi connectivity index (χ1n) is 9.32. The van der Waals surface area contributed by atoms with E-state index in [1.807, 2.05) is 0 Å². The quantitative estimate of drug-likeness (QED) is 0.730. The van der Waals surface area contributed by atoms with Gasteiger partial charge in [-0.1, -0.05) is 6.42 Å². The second-order valence-corrected chi connectivity index (χ2v) is 10.9. The number of rotatable bonds is 4. The minimum Gasteiger partial charge on any atom is -0.266 e.